The Morgan fingerprint density at radius 2 is 2.31 bits per heavy atom. The second-order valence-corrected chi connectivity index (χ2v) is 3.04. The Bertz CT molecular complexity index is 366. The molecule has 0 heterocycles. The minimum absolute atomic E-state index is 0.313. The average Bonchev–Trinajstić information content (AvgIpc) is 2.16. The van der Waals surface area contributed by atoms with Crippen LogP contribution in [0.4, 0.5) is 0 Å². The van der Waals surface area contributed by atoms with Crippen LogP contribution in [-0.4, -0.2) is 0 Å². The van der Waals surface area contributed by atoms with Crippen LogP contribution in [0, 0.1) is 11.3 Å². The maximum absolute atomic E-state index is 8.79. The highest BCUT2D eigenvalue weighted by Crippen LogP contribution is 2.20. The summed E-state index contributed by atoms with van der Waals surface area (Å²) in [4.78, 5) is 0. The molecule has 3 heteroatoms. The molecule has 0 spiro atoms. The first-order valence-corrected chi connectivity index (χ1v) is 4.14. The molecule has 13 heavy (non-hydrogen) atoms. The van der Waals surface area contributed by atoms with Crippen LogP contribution in [0.25, 0.3) is 0 Å². The van der Waals surface area contributed by atoms with E-state index in [1.165, 1.54) is 0 Å². The largest absolute Gasteiger partial charge is 0.321 e. The number of halogens is 1. The number of hydrogen-bond acceptors (Lipinski definition) is 2. The zero-order valence-electron chi connectivity index (χ0n) is 7.00. The van der Waals surface area contributed by atoms with E-state index in [0.717, 1.165) is 5.56 Å². The first-order valence-electron chi connectivity index (χ1n) is 3.76. The summed E-state index contributed by atoms with van der Waals surface area (Å²) < 4.78 is 0. The first-order chi connectivity index (χ1) is 6.19. The standard InChI is InChI=1S/C10H9ClN2/c1-2-10(13)9-4-3-8(11)5-7(9)6-12/h2-5,10H,1,13H2. The van der Waals surface area contributed by atoms with E-state index >= 15 is 0 Å². The monoisotopic (exact) mass is 192 g/mol. The second-order valence-electron chi connectivity index (χ2n) is 2.60. The van der Waals surface area contributed by atoms with Gasteiger partial charge in [-0.2, -0.15) is 5.26 Å². The van der Waals surface area contributed by atoms with Crippen molar-refractivity contribution in [3.8, 4) is 6.07 Å². The first kappa shape index (κ1) is 9.79. The van der Waals surface area contributed by atoms with E-state index in [9.17, 15) is 0 Å². The normalized spacial score (nSPS) is 11.8. The maximum atomic E-state index is 8.79. The quantitative estimate of drug-likeness (QED) is 0.732. The summed E-state index contributed by atoms with van der Waals surface area (Å²) in [6.45, 7) is 3.57. The summed E-state index contributed by atoms with van der Waals surface area (Å²) in [6, 6.07) is 6.78. The third-order valence-corrected chi connectivity index (χ3v) is 1.98. The van der Waals surface area contributed by atoms with Crippen LogP contribution >= 0.6 is 11.6 Å². The number of nitrogens with zero attached hydrogens (tertiary/aromatic N) is 1. The van der Waals surface area contributed by atoms with Crippen molar-refractivity contribution in [3.05, 3.63) is 47.0 Å². The number of nitriles is 1. The number of nitrogens with two attached hydrogens (primary N) is 1. The van der Waals surface area contributed by atoms with Crippen LogP contribution in [0.2, 0.25) is 5.02 Å². The SMILES string of the molecule is C=CC(N)c1ccc(Cl)cc1C#N. The molecule has 0 bridgehead atoms. The summed E-state index contributed by atoms with van der Waals surface area (Å²) in [5, 5.41) is 9.33. The molecule has 1 rings (SSSR count). The third kappa shape index (κ3) is 2.09. The van der Waals surface area contributed by atoms with Crippen LogP contribution in [0.1, 0.15) is 17.2 Å². The van der Waals surface area contributed by atoms with Crippen molar-refractivity contribution in [3.63, 3.8) is 0 Å². The minimum Gasteiger partial charge on any atom is -0.321 e. The molecule has 2 N–H and O–H groups in total. The smallest absolute Gasteiger partial charge is 0.0995 e. The third-order valence-electron chi connectivity index (χ3n) is 1.75. The predicted octanol–water partition coefficient (Wildman–Crippen LogP) is 2.40. The molecule has 0 aromatic heterocycles. The van der Waals surface area contributed by atoms with E-state index in [2.05, 4.69) is 6.58 Å². The zero-order chi connectivity index (χ0) is 9.84. The summed E-state index contributed by atoms with van der Waals surface area (Å²) in [5.74, 6) is 0. The Hall–Kier alpha value is -1.30. The zero-order valence-corrected chi connectivity index (χ0v) is 7.75. The van der Waals surface area contributed by atoms with Crippen molar-refractivity contribution in [2.24, 2.45) is 5.73 Å². The highest BCUT2D eigenvalue weighted by atomic mass is 35.5. The van der Waals surface area contributed by atoms with Gasteiger partial charge in [-0.1, -0.05) is 23.7 Å². The lowest BCUT2D eigenvalue weighted by molar-refractivity contribution is 0.910. The van der Waals surface area contributed by atoms with Crippen molar-refractivity contribution in [2.45, 2.75) is 6.04 Å². The summed E-state index contributed by atoms with van der Waals surface area (Å²) >= 11 is 5.73. The molecule has 0 amide bonds. The molecular formula is C10H9ClN2. The van der Waals surface area contributed by atoms with E-state index in [0.29, 0.717) is 10.6 Å². The lowest BCUT2D eigenvalue weighted by Crippen LogP contribution is -2.08. The molecule has 0 aliphatic carbocycles. The molecule has 0 fully saturated rings. The molecule has 1 aromatic rings. The van der Waals surface area contributed by atoms with Gasteiger partial charge >= 0.3 is 0 Å². The molecular weight excluding hydrogens is 184 g/mol. The van der Waals surface area contributed by atoms with Gasteiger partial charge in [0.1, 0.15) is 0 Å². The van der Waals surface area contributed by atoms with Gasteiger partial charge in [0.2, 0.25) is 0 Å². The van der Waals surface area contributed by atoms with Crippen molar-refractivity contribution in [1.29, 1.82) is 5.26 Å². The fourth-order valence-electron chi connectivity index (χ4n) is 1.04. The Kier molecular flexibility index (Phi) is 3.07. The Balaban J connectivity index is 3.22. The van der Waals surface area contributed by atoms with Crippen molar-refractivity contribution >= 4 is 11.6 Å². The molecule has 1 unspecified atom stereocenters. The fraction of sp³-hybridized carbons (Fsp3) is 0.100. The van der Waals surface area contributed by atoms with Gasteiger partial charge in [0.15, 0.2) is 0 Å². The fourth-order valence-corrected chi connectivity index (χ4v) is 1.22. The summed E-state index contributed by atoms with van der Waals surface area (Å²) in [7, 11) is 0. The van der Waals surface area contributed by atoms with Crippen LogP contribution in [-0.2, 0) is 0 Å². The van der Waals surface area contributed by atoms with Crippen molar-refractivity contribution in [1.82, 2.24) is 0 Å². The molecule has 0 radical (unpaired) electrons. The molecule has 66 valence electrons. The van der Waals surface area contributed by atoms with Gasteiger partial charge in [0, 0.05) is 11.1 Å². The van der Waals surface area contributed by atoms with Gasteiger partial charge in [-0.15, -0.1) is 6.58 Å². The van der Waals surface area contributed by atoms with E-state index in [4.69, 9.17) is 22.6 Å². The molecule has 0 saturated carbocycles. The number of rotatable bonds is 2. The molecule has 1 atom stereocenters. The van der Waals surface area contributed by atoms with Crippen molar-refractivity contribution < 1.29 is 0 Å². The molecule has 2 nitrogen and oxygen atoms in total. The maximum Gasteiger partial charge on any atom is 0.0995 e. The average molecular weight is 193 g/mol. The second kappa shape index (κ2) is 4.08. The van der Waals surface area contributed by atoms with Crippen LogP contribution < -0.4 is 5.73 Å². The minimum atomic E-state index is -0.313. The van der Waals surface area contributed by atoms with E-state index in [1.54, 1.807) is 24.3 Å². The van der Waals surface area contributed by atoms with Gasteiger partial charge in [0.05, 0.1) is 11.6 Å². The summed E-state index contributed by atoms with van der Waals surface area (Å²) in [6.07, 6.45) is 1.59. The lowest BCUT2D eigenvalue weighted by atomic mass is 10.0. The Morgan fingerprint density at radius 1 is 1.62 bits per heavy atom. The summed E-state index contributed by atoms with van der Waals surface area (Å²) in [5.41, 5.74) is 6.96. The van der Waals surface area contributed by atoms with Gasteiger partial charge in [-0.3, -0.25) is 0 Å². The topological polar surface area (TPSA) is 49.8 Å². The van der Waals surface area contributed by atoms with Crippen LogP contribution in [0.5, 0.6) is 0 Å². The molecule has 0 aliphatic heterocycles. The Morgan fingerprint density at radius 3 is 2.85 bits per heavy atom. The Labute approximate surface area is 82.2 Å². The van der Waals surface area contributed by atoms with Crippen LogP contribution in [0.15, 0.2) is 30.9 Å². The van der Waals surface area contributed by atoms with Gasteiger partial charge in [-0.25, -0.2) is 0 Å². The molecule has 1 aromatic carbocycles. The van der Waals surface area contributed by atoms with Gasteiger partial charge in [0.25, 0.3) is 0 Å². The highest BCUT2D eigenvalue weighted by Gasteiger charge is 2.07. The van der Waals surface area contributed by atoms with Gasteiger partial charge < -0.3 is 5.73 Å². The lowest BCUT2D eigenvalue weighted by Gasteiger charge is -2.08. The van der Waals surface area contributed by atoms with Gasteiger partial charge in [-0.05, 0) is 17.7 Å². The number of benzene rings is 1. The van der Waals surface area contributed by atoms with E-state index in [1.807, 2.05) is 6.07 Å². The molecule has 0 saturated heterocycles. The van der Waals surface area contributed by atoms with E-state index in [-0.39, 0.29) is 6.04 Å². The van der Waals surface area contributed by atoms with Crippen LogP contribution in [0.3, 0.4) is 0 Å². The van der Waals surface area contributed by atoms with E-state index < -0.39 is 0 Å². The number of hydrogen-bond donors (Lipinski definition) is 1. The predicted molar refractivity (Wildman–Crippen MR) is 53.3 cm³/mol. The molecule has 0 aliphatic rings. The van der Waals surface area contributed by atoms with Crippen molar-refractivity contribution in [2.75, 3.05) is 0 Å². The highest BCUT2D eigenvalue weighted by molar-refractivity contribution is 6.30.